The van der Waals surface area contributed by atoms with Gasteiger partial charge in [-0.1, -0.05) is 28.9 Å². The van der Waals surface area contributed by atoms with Gasteiger partial charge in [-0.25, -0.2) is 9.78 Å². The molecule has 0 unspecified atom stereocenters. The Morgan fingerprint density at radius 3 is 2.70 bits per heavy atom. The number of nitrogens with zero attached hydrogens (tertiary/aromatic N) is 4. The molecule has 2 fully saturated rings. The van der Waals surface area contributed by atoms with Gasteiger partial charge in [-0.15, -0.1) is 0 Å². The minimum atomic E-state index is -1.00. The van der Waals surface area contributed by atoms with Gasteiger partial charge in [-0.3, -0.25) is 4.98 Å². The molecule has 0 radical (unpaired) electrons. The lowest BCUT2D eigenvalue weighted by Crippen LogP contribution is -2.33. The van der Waals surface area contributed by atoms with Crippen LogP contribution in [0.1, 0.15) is 59.0 Å². The lowest BCUT2D eigenvalue weighted by Gasteiger charge is -2.32. The van der Waals surface area contributed by atoms with Crippen molar-refractivity contribution in [2.45, 2.75) is 38.5 Å². The zero-order valence-electron chi connectivity index (χ0n) is 20.5. The van der Waals surface area contributed by atoms with Crippen molar-refractivity contribution in [3.8, 4) is 11.3 Å². The van der Waals surface area contributed by atoms with Gasteiger partial charge in [0.15, 0.2) is 0 Å². The Morgan fingerprint density at radius 1 is 1.16 bits per heavy atom. The number of hydrogen-bond donors (Lipinski definition) is 1. The average molecular weight is 515 g/mol. The highest BCUT2D eigenvalue weighted by Gasteiger charge is 2.32. The van der Waals surface area contributed by atoms with Crippen LogP contribution in [0.15, 0.2) is 53.3 Å². The number of benzene rings is 1. The van der Waals surface area contributed by atoms with E-state index < -0.39 is 5.97 Å². The van der Waals surface area contributed by atoms with Crippen LogP contribution in [0, 0.1) is 12.8 Å². The summed E-state index contributed by atoms with van der Waals surface area (Å²) >= 11 is 6.42. The first-order valence-electron chi connectivity index (χ1n) is 12.6. The number of carboxylic acid groups (broad SMARTS) is 1. The van der Waals surface area contributed by atoms with E-state index in [1.165, 1.54) is 0 Å². The Kier molecular flexibility index (Phi) is 6.16. The number of carboxylic acids is 1. The number of anilines is 1. The molecule has 37 heavy (non-hydrogen) atoms. The third kappa shape index (κ3) is 4.71. The second kappa shape index (κ2) is 9.63. The molecule has 7 nitrogen and oxygen atoms in total. The summed E-state index contributed by atoms with van der Waals surface area (Å²) in [7, 11) is 0. The number of carbonyl (C=O) groups is 1. The van der Waals surface area contributed by atoms with Gasteiger partial charge < -0.3 is 14.5 Å². The molecular weight excluding hydrogens is 488 g/mol. The van der Waals surface area contributed by atoms with E-state index in [2.05, 4.69) is 38.2 Å². The number of aryl methyl sites for hydroxylation is 1. The number of pyridine rings is 2. The maximum atomic E-state index is 11.3. The van der Waals surface area contributed by atoms with Gasteiger partial charge in [0.05, 0.1) is 10.5 Å². The summed E-state index contributed by atoms with van der Waals surface area (Å²) in [5.74, 6) is 0.861. The van der Waals surface area contributed by atoms with Crippen molar-refractivity contribution in [2.75, 3.05) is 18.0 Å². The smallest absolute Gasteiger partial charge is 0.354 e. The molecular formula is C29H27ClN4O3. The van der Waals surface area contributed by atoms with Crippen LogP contribution in [0.3, 0.4) is 0 Å². The van der Waals surface area contributed by atoms with Crippen molar-refractivity contribution in [3.05, 3.63) is 76.4 Å². The van der Waals surface area contributed by atoms with E-state index in [4.69, 9.17) is 16.1 Å². The largest absolute Gasteiger partial charge is 0.477 e. The summed E-state index contributed by atoms with van der Waals surface area (Å²) in [5, 5.41) is 15.2. The molecule has 0 spiro atoms. The first kappa shape index (κ1) is 23.7. The molecule has 1 saturated heterocycles. The number of hydrogen-bond acceptors (Lipinski definition) is 6. The SMILES string of the molecule is Cc1cc(C(=O)O)nc2ccc(N3CCC(/C=C/c4c(-c5ccncc5Cl)noc4C4CC4)CC3)cc12. The van der Waals surface area contributed by atoms with Crippen LogP contribution in [0.5, 0.6) is 0 Å². The van der Waals surface area contributed by atoms with Gasteiger partial charge in [0.1, 0.15) is 17.1 Å². The molecule has 6 rings (SSSR count). The molecule has 0 atom stereocenters. The molecule has 188 valence electrons. The number of piperidine rings is 1. The van der Waals surface area contributed by atoms with E-state index in [0.717, 1.165) is 78.0 Å². The van der Waals surface area contributed by atoms with E-state index >= 15 is 0 Å². The maximum Gasteiger partial charge on any atom is 0.354 e. The second-order valence-corrected chi connectivity index (χ2v) is 10.4. The first-order chi connectivity index (χ1) is 18.0. The maximum absolute atomic E-state index is 11.3. The molecule has 3 aromatic heterocycles. The molecule has 1 saturated carbocycles. The molecule has 0 amide bonds. The average Bonchev–Trinajstić information content (AvgIpc) is 3.67. The van der Waals surface area contributed by atoms with Crippen LogP contribution in [-0.2, 0) is 0 Å². The summed E-state index contributed by atoms with van der Waals surface area (Å²) in [4.78, 5) is 22.1. The normalized spacial score (nSPS) is 16.6. The standard InChI is InChI=1S/C29H27ClN4O3/c1-17-14-26(29(35)36)32-25-7-5-20(15-23(17)25)34-12-9-18(10-13-34)2-6-22-27(21-8-11-31-16-24(21)30)33-37-28(22)19-3-4-19/h2,5-8,11,14-16,18-19H,3-4,9-10,12-13H2,1H3,(H,35,36)/b6-2+. The van der Waals surface area contributed by atoms with Gasteiger partial charge in [0, 0.05) is 53.6 Å². The van der Waals surface area contributed by atoms with Crippen LogP contribution in [0.25, 0.3) is 28.2 Å². The minimum absolute atomic E-state index is 0.0809. The minimum Gasteiger partial charge on any atom is -0.477 e. The van der Waals surface area contributed by atoms with Crippen LogP contribution in [0.4, 0.5) is 5.69 Å². The fourth-order valence-electron chi connectivity index (χ4n) is 5.14. The molecule has 4 heterocycles. The van der Waals surface area contributed by atoms with Crippen LogP contribution in [-0.4, -0.2) is 39.3 Å². The third-order valence-corrected chi connectivity index (χ3v) is 7.69. The molecule has 8 heteroatoms. The van der Waals surface area contributed by atoms with Crippen molar-refractivity contribution in [3.63, 3.8) is 0 Å². The molecule has 4 aromatic rings. The Bertz CT molecular complexity index is 1520. The first-order valence-corrected chi connectivity index (χ1v) is 13.0. The highest BCUT2D eigenvalue weighted by atomic mass is 35.5. The van der Waals surface area contributed by atoms with Gasteiger partial charge in [-0.2, -0.15) is 0 Å². The van der Waals surface area contributed by atoms with Gasteiger partial charge >= 0.3 is 5.97 Å². The molecule has 1 aliphatic heterocycles. The van der Waals surface area contributed by atoms with Gasteiger partial charge in [0.2, 0.25) is 0 Å². The zero-order valence-corrected chi connectivity index (χ0v) is 21.3. The highest BCUT2D eigenvalue weighted by molar-refractivity contribution is 6.33. The number of allylic oxidation sites excluding steroid dienone is 1. The number of aromatic nitrogens is 3. The van der Waals surface area contributed by atoms with E-state index in [1.54, 1.807) is 18.5 Å². The van der Waals surface area contributed by atoms with Crippen LogP contribution < -0.4 is 4.90 Å². The fourth-order valence-corrected chi connectivity index (χ4v) is 5.35. The topological polar surface area (TPSA) is 92.3 Å². The van der Waals surface area contributed by atoms with E-state index in [9.17, 15) is 9.90 Å². The van der Waals surface area contributed by atoms with E-state index in [0.29, 0.717) is 22.4 Å². The lowest BCUT2D eigenvalue weighted by atomic mass is 9.94. The molecule has 1 aromatic carbocycles. The quantitative estimate of drug-likeness (QED) is 0.304. The predicted octanol–water partition coefficient (Wildman–Crippen LogP) is 6.75. The van der Waals surface area contributed by atoms with Crippen LogP contribution in [0.2, 0.25) is 5.02 Å². The molecule has 1 N–H and O–H groups in total. The number of aromatic carboxylic acids is 1. The molecule has 2 aliphatic rings. The summed E-state index contributed by atoms with van der Waals surface area (Å²) in [5.41, 5.74) is 5.53. The van der Waals surface area contributed by atoms with Gasteiger partial charge in [-0.05, 0) is 74.4 Å². The summed E-state index contributed by atoms with van der Waals surface area (Å²) < 4.78 is 5.78. The summed E-state index contributed by atoms with van der Waals surface area (Å²) in [6.45, 7) is 3.83. The fraction of sp³-hybridized carbons (Fsp3) is 0.310. The Hall–Kier alpha value is -3.71. The van der Waals surface area contributed by atoms with Gasteiger partial charge in [0.25, 0.3) is 0 Å². The number of halogens is 1. The molecule has 0 bridgehead atoms. The molecule has 1 aliphatic carbocycles. The summed E-state index contributed by atoms with van der Waals surface area (Å²) in [6, 6.07) is 9.62. The number of rotatable bonds is 6. The Labute approximate surface area is 219 Å². The monoisotopic (exact) mass is 514 g/mol. The van der Waals surface area contributed by atoms with E-state index in [-0.39, 0.29) is 5.69 Å². The number of fused-ring (bicyclic) bond motifs is 1. The van der Waals surface area contributed by atoms with E-state index in [1.807, 2.05) is 25.1 Å². The third-order valence-electron chi connectivity index (χ3n) is 7.39. The second-order valence-electron chi connectivity index (χ2n) is 9.95. The highest BCUT2D eigenvalue weighted by Crippen LogP contribution is 2.45. The Morgan fingerprint density at radius 2 is 1.97 bits per heavy atom. The van der Waals surface area contributed by atoms with Crippen molar-refractivity contribution >= 4 is 40.2 Å². The predicted molar refractivity (Wildman–Crippen MR) is 144 cm³/mol. The van der Waals surface area contributed by atoms with Crippen molar-refractivity contribution in [1.29, 1.82) is 0 Å². The van der Waals surface area contributed by atoms with Crippen molar-refractivity contribution in [2.24, 2.45) is 5.92 Å². The van der Waals surface area contributed by atoms with Crippen molar-refractivity contribution < 1.29 is 14.4 Å². The van der Waals surface area contributed by atoms with Crippen molar-refractivity contribution in [1.82, 2.24) is 15.1 Å². The Balaban J connectivity index is 1.18. The summed E-state index contributed by atoms with van der Waals surface area (Å²) in [6.07, 6.45) is 12.2. The van der Waals surface area contributed by atoms with Crippen LogP contribution >= 0.6 is 11.6 Å². The lowest BCUT2D eigenvalue weighted by molar-refractivity contribution is 0.0691. The zero-order chi connectivity index (χ0) is 25.5.